The summed E-state index contributed by atoms with van der Waals surface area (Å²) in [6.45, 7) is 0. The van der Waals surface area contributed by atoms with Gasteiger partial charge < -0.3 is 5.32 Å². The molecule has 0 bridgehead atoms. The first kappa shape index (κ1) is 14.3. The third-order valence-electron chi connectivity index (χ3n) is 1.88. The van der Waals surface area contributed by atoms with Gasteiger partial charge in [-0.05, 0) is 18.2 Å². The highest BCUT2D eigenvalue weighted by Crippen LogP contribution is 2.36. The van der Waals surface area contributed by atoms with E-state index >= 15 is 0 Å². The van der Waals surface area contributed by atoms with Crippen LogP contribution in [-0.2, 0) is 11.0 Å². The summed E-state index contributed by atoms with van der Waals surface area (Å²) in [7, 11) is 0. The molecule has 1 amide bonds. The average molecular weight is 331 g/mol. The zero-order valence-electron chi connectivity index (χ0n) is 8.44. The Morgan fingerprint density at radius 3 is 2.59 bits per heavy atom. The molecular weight excluding hydrogens is 322 g/mol. The molecule has 0 radical (unpaired) electrons. The van der Waals surface area contributed by atoms with Gasteiger partial charge in [-0.25, -0.2) is 0 Å². The van der Waals surface area contributed by atoms with E-state index in [0.717, 1.165) is 12.1 Å². The largest absolute Gasteiger partial charge is 0.417 e. The van der Waals surface area contributed by atoms with Gasteiger partial charge in [0.25, 0.3) is 0 Å². The summed E-state index contributed by atoms with van der Waals surface area (Å²) in [6, 6.07) is 3.24. The highest BCUT2D eigenvalue weighted by molar-refractivity contribution is 9.09. The first-order chi connectivity index (χ1) is 7.84. The van der Waals surface area contributed by atoms with Gasteiger partial charge in [-0.1, -0.05) is 27.5 Å². The molecule has 1 N–H and O–H groups in total. The summed E-state index contributed by atoms with van der Waals surface area (Å²) >= 11 is 8.50. The number of amides is 1. The fourth-order valence-corrected chi connectivity index (χ4v) is 1.71. The second kappa shape index (κ2) is 5.73. The Balaban J connectivity index is 2.93. The lowest BCUT2D eigenvalue weighted by molar-refractivity contribution is -0.137. The van der Waals surface area contributed by atoms with Crippen molar-refractivity contribution in [2.45, 2.75) is 12.6 Å². The van der Waals surface area contributed by atoms with E-state index in [9.17, 15) is 18.0 Å². The van der Waals surface area contributed by atoms with Crippen molar-refractivity contribution in [3.8, 4) is 0 Å². The number of nitrogens with one attached hydrogen (secondary N) is 1. The van der Waals surface area contributed by atoms with Gasteiger partial charge in [-0.15, -0.1) is 0 Å². The maximum Gasteiger partial charge on any atom is 0.417 e. The Labute approximate surface area is 109 Å². The third-order valence-corrected chi connectivity index (χ3v) is 2.60. The quantitative estimate of drug-likeness (QED) is 0.831. The number of benzene rings is 1. The molecule has 0 spiro atoms. The summed E-state index contributed by atoms with van der Waals surface area (Å²) in [5.41, 5.74) is -0.886. The molecule has 0 fully saturated rings. The van der Waals surface area contributed by atoms with Gasteiger partial charge in [0.1, 0.15) is 0 Å². The third kappa shape index (κ3) is 4.20. The van der Waals surface area contributed by atoms with Crippen molar-refractivity contribution >= 4 is 39.1 Å². The second-order valence-corrected chi connectivity index (χ2v) is 4.38. The van der Waals surface area contributed by atoms with Gasteiger partial charge in [-0.3, -0.25) is 4.79 Å². The Hall–Kier alpha value is -0.750. The van der Waals surface area contributed by atoms with Crippen LogP contribution in [-0.4, -0.2) is 11.2 Å². The van der Waals surface area contributed by atoms with Gasteiger partial charge in [0.15, 0.2) is 0 Å². The number of alkyl halides is 4. The molecule has 0 unspecified atom stereocenters. The van der Waals surface area contributed by atoms with E-state index in [2.05, 4.69) is 21.2 Å². The number of rotatable bonds is 3. The van der Waals surface area contributed by atoms with Crippen molar-refractivity contribution in [3.63, 3.8) is 0 Å². The van der Waals surface area contributed by atoms with Crippen LogP contribution < -0.4 is 5.32 Å². The van der Waals surface area contributed by atoms with Gasteiger partial charge in [0.05, 0.1) is 10.6 Å². The van der Waals surface area contributed by atoms with E-state index in [1.807, 2.05) is 0 Å². The Bertz CT molecular complexity index is 423. The number of hydrogen-bond acceptors (Lipinski definition) is 1. The minimum absolute atomic E-state index is 0.0766. The molecule has 17 heavy (non-hydrogen) atoms. The second-order valence-electron chi connectivity index (χ2n) is 3.18. The fourth-order valence-electron chi connectivity index (χ4n) is 1.13. The standard InChI is InChI=1S/C10H8BrClF3NO/c11-4-3-9(17)16-6-1-2-8(12)7(5-6)10(13,14)15/h1-2,5H,3-4H2,(H,16,17). The van der Waals surface area contributed by atoms with E-state index in [0.29, 0.717) is 5.33 Å². The lowest BCUT2D eigenvalue weighted by Crippen LogP contribution is -2.13. The van der Waals surface area contributed by atoms with Crippen molar-refractivity contribution in [2.24, 2.45) is 0 Å². The number of halogens is 5. The molecular formula is C10H8BrClF3NO. The molecule has 7 heteroatoms. The van der Waals surface area contributed by atoms with Crippen LogP contribution in [0, 0.1) is 0 Å². The molecule has 0 saturated heterocycles. The van der Waals surface area contributed by atoms with Crippen molar-refractivity contribution in [2.75, 3.05) is 10.6 Å². The zero-order chi connectivity index (χ0) is 13.1. The maximum absolute atomic E-state index is 12.5. The smallest absolute Gasteiger partial charge is 0.326 e. The molecule has 1 rings (SSSR count). The summed E-state index contributed by atoms with van der Waals surface area (Å²) in [6.07, 6.45) is -4.35. The van der Waals surface area contributed by atoms with Crippen LogP contribution in [0.4, 0.5) is 18.9 Å². The lowest BCUT2D eigenvalue weighted by atomic mass is 10.2. The molecule has 0 aromatic heterocycles. The van der Waals surface area contributed by atoms with Crippen LogP contribution in [0.5, 0.6) is 0 Å². The Kier molecular flexibility index (Phi) is 4.82. The lowest BCUT2D eigenvalue weighted by Gasteiger charge is -2.11. The van der Waals surface area contributed by atoms with E-state index in [1.165, 1.54) is 6.07 Å². The van der Waals surface area contributed by atoms with Crippen LogP contribution in [0.3, 0.4) is 0 Å². The minimum atomic E-state index is -4.53. The van der Waals surface area contributed by atoms with E-state index in [1.54, 1.807) is 0 Å². The van der Waals surface area contributed by atoms with Crippen molar-refractivity contribution in [3.05, 3.63) is 28.8 Å². The summed E-state index contributed by atoms with van der Waals surface area (Å²) in [4.78, 5) is 11.2. The normalized spacial score (nSPS) is 11.4. The molecule has 1 aromatic carbocycles. The molecule has 0 atom stereocenters. The molecule has 0 heterocycles. The molecule has 94 valence electrons. The average Bonchev–Trinajstić information content (AvgIpc) is 2.19. The molecule has 0 aliphatic rings. The van der Waals surface area contributed by atoms with E-state index in [-0.39, 0.29) is 18.0 Å². The highest BCUT2D eigenvalue weighted by atomic mass is 79.9. The van der Waals surface area contributed by atoms with E-state index < -0.39 is 16.8 Å². The predicted octanol–water partition coefficient (Wildman–Crippen LogP) is 4.08. The molecule has 1 aromatic rings. The monoisotopic (exact) mass is 329 g/mol. The van der Waals surface area contributed by atoms with Crippen molar-refractivity contribution in [1.29, 1.82) is 0 Å². The summed E-state index contributed by atoms with van der Waals surface area (Å²) in [5, 5.41) is 2.41. The first-order valence-corrected chi connectivity index (χ1v) is 6.07. The first-order valence-electron chi connectivity index (χ1n) is 4.57. The predicted molar refractivity (Wildman–Crippen MR) is 63.5 cm³/mol. The number of hydrogen-bond donors (Lipinski definition) is 1. The minimum Gasteiger partial charge on any atom is -0.326 e. The van der Waals surface area contributed by atoms with Gasteiger partial charge >= 0.3 is 6.18 Å². The maximum atomic E-state index is 12.5. The molecule has 2 nitrogen and oxygen atoms in total. The topological polar surface area (TPSA) is 29.1 Å². The van der Waals surface area contributed by atoms with Gasteiger partial charge in [-0.2, -0.15) is 13.2 Å². The fraction of sp³-hybridized carbons (Fsp3) is 0.300. The SMILES string of the molecule is O=C(CCBr)Nc1ccc(Cl)c(C(F)(F)F)c1. The van der Waals surface area contributed by atoms with Crippen molar-refractivity contribution in [1.82, 2.24) is 0 Å². The van der Waals surface area contributed by atoms with Crippen molar-refractivity contribution < 1.29 is 18.0 Å². The highest BCUT2D eigenvalue weighted by Gasteiger charge is 2.33. The van der Waals surface area contributed by atoms with Gasteiger partial charge in [0, 0.05) is 17.4 Å². The number of anilines is 1. The van der Waals surface area contributed by atoms with Crippen LogP contribution in [0.2, 0.25) is 5.02 Å². The summed E-state index contributed by atoms with van der Waals surface area (Å²) in [5.74, 6) is -0.364. The van der Waals surface area contributed by atoms with Crippen LogP contribution >= 0.6 is 27.5 Å². The number of carbonyl (C=O) groups is 1. The zero-order valence-corrected chi connectivity index (χ0v) is 10.8. The van der Waals surface area contributed by atoms with Crippen LogP contribution in [0.15, 0.2) is 18.2 Å². The van der Waals surface area contributed by atoms with Crippen LogP contribution in [0.25, 0.3) is 0 Å². The summed E-state index contributed by atoms with van der Waals surface area (Å²) < 4.78 is 37.5. The van der Waals surface area contributed by atoms with Crippen LogP contribution in [0.1, 0.15) is 12.0 Å². The number of carbonyl (C=O) groups excluding carboxylic acids is 1. The molecule has 0 saturated carbocycles. The van der Waals surface area contributed by atoms with Gasteiger partial charge in [0.2, 0.25) is 5.91 Å². The molecule has 0 aliphatic carbocycles. The van der Waals surface area contributed by atoms with E-state index in [4.69, 9.17) is 11.6 Å². The Morgan fingerprint density at radius 1 is 1.41 bits per heavy atom. The molecule has 0 aliphatic heterocycles. The Morgan fingerprint density at radius 2 is 2.06 bits per heavy atom.